The molecule has 0 bridgehead atoms. The molecule has 0 aliphatic heterocycles. The quantitative estimate of drug-likeness (QED) is 0.217. The van der Waals surface area contributed by atoms with E-state index < -0.39 is 0 Å². The van der Waals surface area contributed by atoms with E-state index >= 15 is 0 Å². The number of rotatable bonds is 11. The molecule has 2 rings (SSSR count). The Labute approximate surface area is 228 Å². The molecule has 1 saturated carbocycles. The molecule has 0 aromatic heterocycles. The third kappa shape index (κ3) is 16.6. The molecule has 0 radical (unpaired) electrons. The van der Waals surface area contributed by atoms with Crippen LogP contribution in [0.15, 0.2) is 23.2 Å². The van der Waals surface area contributed by atoms with Gasteiger partial charge in [-0.1, -0.05) is 52.0 Å². The number of carbonyl (C=O) groups is 3. The number of carbonyl (C=O) groups excluding carboxylic acids is 3. The van der Waals surface area contributed by atoms with Crippen LogP contribution >= 0.6 is 0 Å². The van der Waals surface area contributed by atoms with Gasteiger partial charge >= 0.3 is 0 Å². The van der Waals surface area contributed by atoms with Gasteiger partial charge in [-0.3, -0.25) is 24.3 Å². The van der Waals surface area contributed by atoms with E-state index in [4.69, 9.17) is 20.0 Å². The van der Waals surface area contributed by atoms with Crippen LogP contribution in [-0.2, 0) is 20.8 Å². The number of nitrogens with two attached hydrogens (primary N) is 1. The number of nitrogens with one attached hydrogen (secondary N) is 2. The Bertz CT molecular complexity index is 785. The lowest BCUT2D eigenvalue weighted by atomic mass is 9.85. The largest absolute Gasteiger partial charge is 0.493 e. The number of hydrogen-bond acceptors (Lipinski definition) is 6. The van der Waals surface area contributed by atoms with Crippen molar-refractivity contribution in [1.82, 2.24) is 10.6 Å². The smallest absolute Gasteiger partial charge is 0.231 e. The van der Waals surface area contributed by atoms with Gasteiger partial charge in [0, 0.05) is 6.04 Å². The van der Waals surface area contributed by atoms with Gasteiger partial charge in [0.15, 0.2) is 17.5 Å². The summed E-state index contributed by atoms with van der Waals surface area (Å²) in [6, 6.07) is 5.91. The lowest BCUT2D eigenvalue weighted by Gasteiger charge is -2.23. The van der Waals surface area contributed by atoms with Crippen LogP contribution in [0.1, 0.15) is 77.7 Å². The van der Waals surface area contributed by atoms with Gasteiger partial charge in [0.25, 0.3) is 0 Å². The fourth-order valence-electron chi connectivity index (χ4n) is 4.21. The Kier molecular flexibility index (Phi) is 23.5. The van der Waals surface area contributed by atoms with Crippen LogP contribution in [0.5, 0.6) is 11.5 Å². The predicted octanol–water partition coefficient (Wildman–Crippen LogP) is 4.36. The lowest BCUT2D eigenvalue weighted by molar-refractivity contribution is -0.119. The topological polar surface area (TPSA) is 132 Å². The molecule has 1 fully saturated rings. The maximum Gasteiger partial charge on any atom is 0.231 e. The van der Waals surface area contributed by atoms with Gasteiger partial charge in [-0.05, 0) is 49.8 Å². The van der Waals surface area contributed by atoms with Gasteiger partial charge in [-0.25, -0.2) is 0 Å². The van der Waals surface area contributed by atoms with Crippen molar-refractivity contribution in [2.45, 2.75) is 90.6 Å². The summed E-state index contributed by atoms with van der Waals surface area (Å²) >= 11 is 0. The zero-order chi connectivity index (χ0) is 29.3. The van der Waals surface area contributed by atoms with E-state index in [1.165, 1.54) is 32.1 Å². The summed E-state index contributed by atoms with van der Waals surface area (Å²) in [5.41, 5.74) is 6.73. The minimum atomic E-state index is -0.191. The normalized spacial score (nSPS) is 13.7. The standard InChI is InChI=1S/C20H31N3O3.C6H13NO.CH3F.CH2O/c1-14(11-15-7-5-4-6-8-15)22-20(21)23-19(24)13-16-9-10-17(25-2)18(12-16)26-3;1-3-6(4-2)7-5-8;2*1-2/h9-10,12,14-15H,4-8,11,13H2,1-3H3,(H3,21,22,23,24);5-6H,3-4H2,1-2H3,(H,7,8);1H3;1H2/t14-;;;/m0.../s1. The van der Waals surface area contributed by atoms with E-state index in [0.29, 0.717) is 24.7 Å². The van der Waals surface area contributed by atoms with Gasteiger partial charge < -0.3 is 25.3 Å². The third-order valence-corrected chi connectivity index (χ3v) is 6.13. The third-order valence-electron chi connectivity index (χ3n) is 6.13. The summed E-state index contributed by atoms with van der Waals surface area (Å²) in [5, 5.41) is 5.38. The molecule has 0 spiro atoms. The first-order valence-electron chi connectivity index (χ1n) is 13.1. The second-order valence-electron chi connectivity index (χ2n) is 8.82. The highest BCUT2D eigenvalue weighted by Crippen LogP contribution is 2.28. The van der Waals surface area contributed by atoms with Crippen molar-refractivity contribution in [3.63, 3.8) is 0 Å². The van der Waals surface area contributed by atoms with Crippen molar-refractivity contribution in [1.29, 1.82) is 0 Å². The van der Waals surface area contributed by atoms with Crippen molar-refractivity contribution < 1.29 is 28.2 Å². The first-order valence-corrected chi connectivity index (χ1v) is 13.1. The number of halogens is 1. The van der Waals surface area contributed by atoms with Crippen LogP contribution in [0.2, 0.25) is 0 Å². The number of hydrogen-bond donors (Lipinski definition) is 3. The maximum atomic E-state index is 12.2. The van der Waals surface area contributed by atoms with Gasteiger partial charge in [0.1, 0.15) is 6.79 Å². The van der Waals surface area contributed by atoms with Crippen LogP contribution in [0.3, 0.4) is 0 Å². The Morgan fingerprint density at radius 1 is 1.13 bits per heavy atom. The van der Waals surface area contributed by atoms with Gasteiger partial charge in [0.2, 0.25) is 12.3 Å². The maximum absolute atomic E-state index is 12.2. The Hall–Kier alpha value is -3.17. The van der Waals surface area contributed by atoms with Gasteiger partial charge in [-0.2, -0.15) is 0 Å². The van der Waals surface area contributed by atoms with E-state index in [1.54, 1.807) is 26.4 Å². The molecule has 218 valence electrons. The average Bonchev–Trinajstić information content (AvgIpc) is 2.94. The van der Waals surface area contributed by atoms with Crippen molar-refractivity contribution in [2.24, 2.45) is 16.6 Å². The minimum Gasteiger partial charge on any atom is -0.493 e. The fourth-order valence-corrected chi connectivity index (χ4v) is 4.21. The van der Waals surface area contributed by atoms with E-state index in [-0.39, 0.29) is 24.3 Å². The molecule has 2 amide bonds. The van der Waals surface area contributed by atoms with E-state index in [0.717, 1.165) is 37.2 Å². The molecule has 4 N–H and O–H groups in total. The number of nitrogens with zero attached hydrogens (tertiary/aromatic N) is 1. The SMILES string of the molecule is C=O.CCC(CC)NC=O.CF.COc1ccc(CC(=O)NC(N)=N[C@@H](C)CC2CCCCC2)cc1OC. The van der Waals surface area contributed by atoms with Gasteiger partial charge in [-0.15, -0.1) is 0 Å². The molecule has 1 aliphatic carbocycles. The summed E-state index contributed by atoms with van der Waals surface area (Å²) in [6.07, 6.45) is 10.6. The van der Waals surface area contributed by atoms with Crippen molar-refractivity contribution in [3.05, 3.63) is 23.8 Å². The second kappa shape index (κ2) is 24.2. The summed E-state index contributed by atoms with van der Waals surface area (Å²) < 4.78 is 20.0. The monoisotopic (exact) mass is 540 g/mol. The number of amides is 2. The zero-order valence-electron chi connectivity index (χ0n) is 24.1. The lowest BCUT2D eigenvalue weighted by Crippen LogP contribution is -2.38. The molecule has 38 heavy (non-hydrogen) atoms. The molecular formula is C28H49FN4O5. The highest BCUT2D eigenvalue weighted by molar-refractivity contribution is 5.97. The van der Waals surface area contributed by atoms with Crippen molar-refractivity contribution in [3.8, 4) is 11.5 Å². The summed E-state index contributed by atoms with van der Waals surface area (Å²) in [4.78, 5) is 34.5. The Balaban J connectivity index is 0. The van der Waals surface area contributed by atoms with Crippen LogP contribution in [0.25, 0.3) is 0 Å². The average molecular weight is 541 g/mol. The molecule has 0 unspecified atom stereocenters. The molecular weight excluding hydrogens is 491 g/mol. The number of alkyl halides is 1. The predicted molar refractivity (Wildman–Crippen MR) is 151 cm³/mol. The molecule has 0 saturated heterocycles. The van der Waals surface area contributed by atoms with E-state index in [9.17, 15) is 14.0 Å². The van der Waals surface area contributed by atoms with Crippen molar-refractivity contribution >= 4 is 25.1 Å². The number of benzene rings is 1. The van der Waals surface area contributed by atoms with Crippen LogP contribution in [0, 0.1) is 5.92 Å². The number of methoxy groups -OCH3 is 2. The van der Waals surface area contributed by atoms with Crippen LogP contribution in [-0.4, -0.2) is 58.5 Å². The molecule has 0 heterocycles. The zero-order valence-corrected chi connectivity index (χ0v) is 24.1. The van der Waals surface area contributed by atoms with Crippen LogP contribution < -0.4 is 25.8 Å². The van der Waals surface area contributed by atoms with E-state index in [1.807, 2.05) is 12.9 Å². The fraction of sp³-hybridized carbons (Fsp3) is 0.643. The molecule has 1 aromatic rings. The van der Waals surface area contributed by atoms with E-state index in [2.05, 4.69) is 36.4 Å². The summed E-state index contributed by atoms with van der Waals surface area (Å²) in [7, 11) is 3.65. The van der Waals surface area contributed by atoms with Crippen molar-refractivity contribution in [2.75, 3.05) is 21.4 Å². The summed E-state index contributed by atoms with van der Waals surface area (Å²) in [5.74, 6) is 1.97. The Morgan fingerprint density at radius 3 is 2.18 bits per heavy atom. The first-order chi connectivity index (χ1) is 18.4. The first kappa shape index (κ1) is 37.0. The molecule has 1 atom stereocenters. The minimum absolute atomic E-state index is 0.125. The molecule has 9 nitrogen and oxygen atoms in total. The number of guanidine groups is 1. The van der Waals surface area contributed by atoms with Crippen LogP contribution in [0.4, 0.5) is 4.39 Å². The molecule has 1 aliphatic rings. The highest BCUT2D eigenvalue weighted by atomic mass is 19.1. The second-order valence-corrected chi connectivity index (χ2v) is 8.82. The number of ether oxygens (including phenoxy) is 2. The Morgan fingerprint density at radius 2 is 1.71 bits per heavy atom. The highest BCUT2D eigenvalue weighted by Gasteiger charge is 2.16. The van der Waals surface area contributed by atoms with Gasteiger partial charge in [0.05, 0.1) is 33.9 Å². The summed E-state index contributed by atoms with van der Waals surface area (Å²) in [6.45, 7) is 8.18. The number of aliphatic imine (C=N–C) groups is 1. The molecule has 1 aromatic carbocycles. The molecule has 10 heteroatoms.